The fraction of sp³-hybridized carbons (Fsp3) is 0.500. The van der Waals surface area contributed by atoms with Gasteiger partial charge in [-0.1, -0.05) is 18.0 Å². The highest BCUT2D eigenvalue weighted by Crippen LogP contribution is 2.48. The van der Waals surface area contributed by atoms with Crippen LogP contribution in [-0.4, -0.2) is 5.91 Å². The van der Waals surface area contributed by atoms with E-state index in [0.717, 1.165) is 12.3 Å². The molecule has 0 aromatic heterocycles. The maximum Gasteiger partial charge on any atom is 0.227 e. The smallest absolute Gasteiger partial charge is 0.227 e. The minimum atomic E-state index is -0.463. The molecule has 1 aromatic rings. The van der Waals surface area contributed by atoms with Gasteiger partial charge in [0.05, 0.1) is 5.02 Å². The van der Waals surface area contributed by atoms with Gasteiger partial charge >= 0.3 is 0 Å². The van der Waals surface area contributed by atoms with E-state index in [9.17, 15) is 9.18 Å². The Kier molecular flexibility index (Phi) is 3.02. The molecule has 1 aromatic carbocycles. The number of benzene rings is 1. The van der Waals surface area contributed by atoms with Gasteiger partial charge in [-0.05, 0) is 49.3 Å². The van der Waals surface area contributed by atoms with Crippen molar-refractivity contribution in [2.24, 2.45) is 17.8 Å². The van der Waals surface area contributed by atoms with E-state index in [1.807, 2.05) is 0 Å². The van der Waals surface area contributed by atoms with Gasteiger partial charge in [-0.2, -0.15) is 0 Å². The third-order valence-corrected chi connectivity index (χ3v) is 4.55. The summed E-state index contributed by atoms with van der Waals surface area (Å²) < 4.78 is 13.0. The molecule has 3 rings (SSSR count). The molecule has 2 saturated carbocycles. The minimum absolute atomic E-state index is 0.0424. The largest absolute Gasteiger partial charge is 0.326 e. The Bertz CT molecular complexity index is 491. The van der Waals surface area contributed by atoms with E-state index in [1.54, 1.807) is 6.07 Å². The molecule has 1 amide bonds. The lowest BCUT2D eigenvalue weighted by Gasteiger charge is -2.20. The SMILES string of the molecule is O=C(Nc1ccc(F)c(Cl)c1)[C@@H]1C[C@H]2CC[C@@H]1C2. The third kappa shape index (κ3) is 2.12. The van der Waals surface area contributed by atoms with Crippen molar-refractivity contribution >= 4 is 23.2 Å². The van der Waals surface area contributed by atoms with E-state index in [1.165, 1.54) is 31.4 Å². The van der Waals surface area contributed by atoms with Crippen LogP contribution in [-0.2, 0) is 4.79 Å². The van der Waals surface area contributed by atoms with Crippen molar-refractivity contribution in [2.75, 3.05) is 5.32 Å². The first-order valence-corrected chi connectivity index (χ1v) is 6.77. The first-order valence-electron chi connectivity index (χ1n) is 6.39. The summed E-state index contributed by atoms with van der Waals surface area (Å²) in [5.74, 6) is 1.01. The van der Waals surface area contributed by atoms with E-state index in [-0.39, 0.29) is 16.8 Å². The van der Waals surface area contributed by atoms with Gasteiger partial charge < -0.3 is 5.32 Å². The van der Waals surface area contributed by atoms with E-state index >= 15 is 0 Å². The predicted molar refractivity (Wildman–Crippen MR) is 69.0 cm³/mol. The van der Waals surface area contributed by atoms with Crippen molar-refractivity contribution < 1.29 is 9.18 Å². The zero-order chi connectivity index (χ0) is 12.7. The van der Waals surface area contributed by atoms with Crippen molar-refractivity contribution in [1.82, 2.24) is 0 Å². The third-order valence-electron chi connectivity index (χ3n) is 4.26. The molecule has 0 heterocycles. The standard InChI is InChI=1S/C14H15ClFNO/c15-12-7-10(3-4-13(12)16)17-14(18)11-6-8-1-2-9(11)5-8/h3-4,7-9,11H,1-2,5-6H2,(H,17,18)/t8-,9+,11+/m0/s1. The normalized spacial score (nSPS) is 29.6. The summed E-state index contributed by atoms with van der Waals surface area (Å²) in [4.78, 5) is 12.2. The van der Waals surface area contributed by atoms with Crippen LogP contribution in [0.15, 0.2) is 18.2 Å². The molecule has 0 unspecified atom stereocenters. The Morgan fingerprint density at radius 3 is 2.78 bits per heavy atom. The van der Waals surface area contributed by atoms with Crippen LogP contribution in [0.3, 0.4) is 0 Å². The van der Waals surface area contributed by atoms with Crippen LogP contribution >= 0.6 is 11.6 Å². The van der Waals surface area contributed by atoms with Crippen LogP contribution in [0.1, 0.15) is 25.7 Å². The minimum Gasteiger partial charge on any atom is -0.326 e. The summed E-state index contributed by atoms with van der Waals surface area (Å²) >= 11 is 5.69. The van der Waals surface area contributed by atoms with Gasteiger partial charge in [-0.15, -0.1) is 0 Å². The van der Waals surface area contributed by atoms with Gasteiger partial charge in [0.1, 0.15) is 5.82 Å². The fourth-order valence-electron chi connectivity index (χ4n) is 3.37. The second kappa shape index (κ2) is 4.54. The summed E-state index contributed by atoms with van der Waals surface area (Å²) in [6.07, 6.45) is 4.65. The van der Waals surface area contributed by atoms with Gasteiger partial charge in [-0.3, -0.25) is 4.79 Å². The molecular weight excluding hydrogens is 253 g/mol. The van der Waals surface area contributed by atoms with Crippen molar-refractivity contribution in [2.45, 2.75) is 25.7 Å². The lowest BCUT2D eigenvalue weighted by molar-refractivity contribution is -0.121. The number of anilines is 1. The van der Waals surface area contributed by atoms with Gasteiger partial charge in [-0.25, -0.2) is 4.39 Å². The van der Waals surface area contributed by atoms with Gasteiger partial charge in [0, 0.05) is 11.6 Å². The molecule has 0 radical (unpaired) electrons. The van der Waals surface area contributed by atoms with Crippen molar-refractivity contribution in [3.63, 3.8) is 0 Å². The number of hydrogen-bond acceptors (Lipinski definition) is 1. The summed E-state index contributed by atoms with van der Waals surface area (Å²) in [6.45, 7) is 0. The number of fused-ring (bicyclic) bond motifs is 2. The lowest BCUT2D eigenvalue weighted by Crippen LogP contribution is -2.27. The molecule has 1 N–H and O–H groups in total. The Morgan fingerprint density at radius 1 is 1.33 bits per heavy atom. The zero-order valence-electron chi connectivity index (χ0n) is 9.96. The van der Waals surface area contributed by atoms with Gasteiger partial charge in [0.2, 0.25) is 5.91 Å². The van der Waals surface area contributed by atoms with Crippen molar-refractivity contribution in [1.29, 1.82) is 0 Å². The van der Waals surface area contributed by atoms with Crippen LogP contribution in [0, 0.1) is 23.6 Å². The summed E-state index contributed by atoms with van der Waals surface area (Å²) in [7, 11) is 0. The number of hydrogen-bond donors (Lipinski definition) is 1. The average Bonchev–Trinajstić information content (AvgIpc) is 2.96. The molecule has 2 bridgehead atoms. The molecule has 18 heavy (non-hydrogen) atoms. The molecule has 2 aliphatic carbocycles. The highest BCUT2D eigenvalue weighted by molar-refractivity contribution is 6.31. The number of amides is 1. The number of halogens is 2. The molecule has 4 heteroatoms. The second-order valence-corrected chi connectivity index (χ2v) is 5.81. The highest BCUT2D eigenvalue weighted by atomic mass is 35.5. The molecule has 2 nitrogen and oxygen atoms in total. The lowest BCUT2D eigenvalue weighted by atomic mass is 9.88. The quantitative estimate of drug-likeness (QED) is 0.866. The Balaban J connectivity index is 1.69. The van der Waals surface area contributed by atoms with Crippen LogP contribution < -0.4 is 5.32 Å². The zero-order valence-corrected chi connectivity index (χ0v) is 10.7. The second-order valence-electron chi connectivity index (χ2n) is 5.40. The van der Waals surface area contributed by atoms with Crippen molar-refractivity contribution in [3.05, 3.63) is 29.0 Å². The molecule has 3 atom stereocenters. The Morgan fingerprint density at radius 2 is 2.17 bits per heavy atom. The molecule has 0 aliphatic heterocycles. The van der Waals surface area contributed by atoms with Crippen LogP contribution in [0.25, 0.3) is 0 Å². The number of nitrogens with one attached hydrogen (secondary N) is 1. The van der Waals surface area contributed by atoms with Gasteiger partial charge in [0.15, 0.2) is 0 Å². The fourth-order valence-corrected chi connectivity index (χ4v) is 3.56. The van der Waals surface area contributed by atoms with Crippen molar-refractivity contribution in [3.8, 4) is 0 Å². The Labute approximate surface area is 111 Å². The van der Waals surface area contributed by atoms with Crippen LogP contribution in [0.2, 0.25) is 5.02 Å². The molecule has 0 saturated heterocycles. The molecule has 2 aliphatic rings. The summed E-state index contributed by atoms with van der Waals surface area (Å²) in [6, 6.07) is 4.28. The molecule has 2 fully saturated rings. The first-order chi connectivity index (χ1) is 8.63. The molecule has 96 valence electrons. The molecular formula is C14H15ClFNO. The Hall–Kier alpha value is -1.09. The predicted octanol–water partition coefficient (Wildman–Crippen LogP) is 3.85. The highest BCUT2D eigenvalue weighted by Gasteiger charge is 2.42. The van der Waals surface area contributed by atoms with E-state index in [0.29, 0.717) is 11.6 Å². The maximum atomic E-state index is 13.0. The number of carbonyl (C=O) groups is 1. The van der Waals surface area contributed by atoms with Crippen LogP contribution in [0.4, 0.5) is 10.1 Å². The molecule has 0 spiro atoms. The van der Waals surface area contributed by atoms with E-state index in [2.05, 4.69) is 5.32 Å². The van der Waals surface area contributed by atoms with Crippen LogP contribution in [0.5, 0.6) is 0 Å². The first kappa shape index (κ1) is 12.0. The summed E-state index contributed by atoms with van der Waals surface area (Å²) in [5, 5.41) is 2.89. The number of rotatable bonds is 2. The topological polar surface area (TPSA) is 29.1 Å². The number of carbonyl (C=O) groups excluding carboxylic acids is 1. The maximum absolute atomic E-state index is 13.0. The average molecular weight is 268 g/mol. The summed E-state index contributed by atoms with van der Waals surface area (Å²) in [5.41, 5.74) is 0.578. The monoisotopic (exact) mass is 267 g/mol. The van der Waals surface area contributed by atoms with E-state index < -0.39 is 5.82 Å². The van der Waals surface area contributed by atoms with E-state index in [4.69, 9.17) is 11.6 Å². The van der Waals surface area contributed by atoms with Gasteiger partial charge in [0.25, 0.3) is 0 Å².